The van der Waals surface area contributed by atoms with Crippen molar-refractivity contribution in [2.75, 3.05) is 18.6 Å². The van der Waals surface area contributed by atoms with Crippen LogP contribution in [0.5, 0.6) is 0 Å². The molecule has 1 heterocycles. The number of rotatable bonds is 4. The molecule has 0 bridgehead atoms. The van der Waals surface area contributed by atoms with Gasteiger partial charge in [0.15, 0.2) is 5.69 Å². The molecule has 0 atom stereocenters. The van der Waals surface area contributed by atoms with Gasteiger partial charge in [-0.05, 0) is 26.0 Å². The maximum Gasteiger partial charge on any atom is 0.354 e. The predicted octanol–water partition coefficient (Wildman–Crippen LogP) is 0.987. The standard InChI is InChI=1S/C11H16N2O3/c1-11(2,7-14)13(3)9-6-4-5-8(12-9)10(15)16/h4-6,14H,7H2,1-3H3,(H,15,16). The summed E-state index contributed by atoms with van der Waals surface area (Å²) in [6.07, 6.45) is 0. The van der Waals surface area contributed by atoms with Crippen molar-refractivity contribution in [2.24, 2.45) is 0 Å². The zero-order valence-corrected chi connectivity index (χ0v) is 9.64. The molecule has 0 radical (unpaired) electrons. The quantitative estimate of drug-likeness (QED) is 0.797. The van der Waals surface area contributed by atoms with Gasteiger partial charge in [0, 0.05) is 7.05 Å². The lowest BCUT2D eigenvalue weighted by Gasteiger charge is -2.34. The number of likely N-dealkylation sites (N-methyl/N-ethyl adjacent to an activating group) is 1. The van der Waals surface area contributed by atoms with Gasteiger partial charge in [0.05, 0.1) is 12.1 Å². The monoisotopic (exact) mass is 224 g/mol. The molecule has 0 amide bonds. The Bertz CT molecular complexity index is 391. The van der Waals surface area contributed by atoms with Crippen LogP contribution in [0.2, 0.25) is 0 Å². The number of hydrogen-bond acceptors (Lipinski definition) is 4. The van der Waals surface area contributed by atoms with Crippen molar-refractivity contribution in [3.63, 3.8) is 0 Å². The summed E-state index contributed by atoms with van der Waals surface area (Å²) in [6.45, 7) is 3.66. The number of carboxylic acids is 1. The van der Waals surface area contributed by atoms with Crippen molar-refractivity contribution in [1.82, 2.24) is 4.98 Å². The molecule has 16 heavy (non-hydrogen) atoms. The number of carboxylic acid groups (broad SMARTS) is 1. The number of carbonyl (C=O) groups is 1. The SMILES string of the molecule is CN(c1cccc(C(=O)O)n1)C(C)(C)CO. The Labute approximate surface area is 94.4 Å². The molecule has 0 aliphatic rings. The van der Waals surface area contributed by atoms with Gasteiger partial charge in [0.25, 0.3) is 0 Å². The van der Waals surface area contributed by atoms with Crippen LogP contribution < -0.4 is 4.90 Å². The highest BCUT2D eigenvalue weighted by Gasteiger charge is 2.24. The second-order valence-electron chi connectivity index (χ2n) is 4.22. The molecule has 0 aromatic carbocycles. The number of aromatic nitrogens is 1. The van der Waals surface area contributed by atoms with Crippen molar-refractivity contribution in [3.05, 3.63) is 23.9 Å². The van der Waals surface area contributed by atoms with Gasteiger partial charge >= 0.3 is 5.97 Å². The lowest BCUT2D eigenvalue weighted by molar-refractivity contribution is 0.0690. The van der Waals surface area contributed by atoms with Gasteiger partial charge < -0.3 is 15.1 Å². The third-order valence-electron chi connectivity index (χ3n) is 2.59. The number of pyridine rings is 1. The van der Waals surface area contributed by atoms with Crippen molar-refractivity contribution in [1.29, 1.82) is 0 Å². The summed E-state index contributed by atoms with van der Waals surface area (Å²) in [5, 5.41) is 18.0. The van der Waals surface area contributed by atoms with E-state index in [4.69, 9.17) is 5.11 Å². The van der Waals surface area contributed by atoms with E-state index in [9.17, 15) is 9.90 Å². The first-order chi connectivity index (χ1) is 7.38. The number of aromatic carboxylic acids is 1. The van der Waals surface area contributed by atoms with Crippen LogP contribution in [-0.2, 0) is 0 Å². The van der Waals surface area contributed by atoms with E-state index in [0.717, 1.165) is 0 Å². The molecule has 0 aliphatic heterocycles. The Morgan fingerprint density at radius 3 is 2.62 bits per heavy atom. The van der Waals surface area contributed by atoms with Crippen LogP contribution >= 0.6 is 0 Å². The maximum absolute atomic E-state index is 10.8. The minimum absolute atomic E-state index is 0.00177. The lowest BCUT2D eigenvalue weighted by Crippen LogP contribution is -2.44. The Morgan fingerprint density at radius 1 is 1.50 bits per heavy atom. The normalized spacial score (nSPS) is 11.2. The Balaban J connectivity index is 3.05. The van der Waals surface area contributed by atoms with Gasteiger partial charge in [-0.25, -0.2) is 9.78 Å². The molecule has 0 aliphatic carbocycles. The van der Waals surface area contributed by atoms with Crippen molar-refractivity contribution in [2.45, 2.75) is 19.4 Å². The van der Waals surface area contributed by atoms with Crippen LogP contribution in [-0.4, -0.2) is 40.4 Å². The number of nitrogens with zero attached hydrogens (tertiary/aromatic N) is 2. The molecule has 1 aromatic rings. The minimum atomic E-state index is -1.06. The molecule has 0 fully saturated rings. The molecule has 88 valence electrons. The van der Waals surface area contributed by atoms with E-state index in [0.29, 0.717) is 5.82 Å². The highest BCUT2D eigenvalue weighted by molar-refractivity contribution is 5.85. The van der Waals surface area contributed by atoms with E-state index in [-0.39, 0.29) is 12.3 Å². The molecule has 0 spiro atoms. The molecule has 0 saturated heterocycles. The average Bonchev–Trinajstić information content (AvgIpc) is 2.28. The lowest BCUT2D eigenvalue weighted by atomic mass is 10.1. The van der Waals surface area contributed by atoms with E-state index >= 15 is 0 Å². The van der Waals surface area contributed by atoms with Gasteiger partial charge in [0.1, 0.15) is 5.82 Å². The maximum atomic E-state index is 10.8. The van der Waals surface area contributed by atoms with E-state index in [1.165, 1.54) is 6.07 Å². The Morgan fingerprint density at radius 2 is 2.12 bits per heavy atom. The molecular formula is C11H16N2O3. The summed E-state index contributed by atoms with van der Waals surface area (Å²) in [5.74, 6) is -0.531. The number of aliphatic hydroxyl groups excluding tert-OH is 1. The second kappa shape index (κ2) is 4.49. The summed E-state index contributed by atoms with van der Waals surface area (Å²) in [7, 11) is 1.77. The topological polar surface area (TPSA) is 73.7 Å². The molecule has 1 aromatic heterocycles. The molecular weight excluding hydrogens is 208 g/mol. The molecule has 5 nitrogen and oxygen atoms in total. The largest absolute Gasteiger partial charge is 0.477 e. The molecule has 1 rings (SSSR count). The minimum Gasteiger partial charge on any atom is -0.477 e. The van der Waals surface area contributed by atoms with E-state index in [2.05, 4.69) is 4.98 Å². The van der Waals surface area contributed by atoms with Crippen molar-refractivity contribution < 1.29 is 15.0 Å². The van der Waals surface area contributed by atoms with Gasteiger partial charge in [-0.15, -0.1) is 0 Å². The molecule has 5 heteroatoms. The van der Waals surface area contributed by atoms with Gasteiger partial charge in [-0.2, -0.15) is 0 Å². The molecule has 2 N–H and O–H groups in total. The van der Waals surface area contributed by atoms with Gasteiger partial charge in [-0.3, -0.25) is 0 Å². The number of anilines is 1. The summed E-state index contributed by atoms with van der Waals surface area (Å²) in [6, 6.07) is 4.78. The fourth-order valence-corrected chi connectivity index (χ4v) is 1.15. The highest BCUT2D eigenvalue weighted by Crippen LogP contribution is 2.19. The number of hydrogen-bond donors (Lipinski definition) is 2. The van der Waals surface area contributed by atoms with Crippen LogP contribution in [0.1, 0.15) is 24.3 Å². The number of aliphatic hydroxyl groups is 1. The summed E-state index contributed by atoms with van der Waals surface area (Å²) >= 11 is 0. The fourth-order valence-electron chi connectivity index (χ4n) is 1.15. The predicted molar refractivity (Wildman–Crippen MR) is 60.8 cm³/mol. The average molecular weight is 224 g/mol. The first-order valence-corrected chi connectivity index (χ1v) is 4.93. The summed E-state index contributed by atoms with van der Waals surface area (Å²) < 4.78 is 0. The Kier molecular flexibility index (Phi) is 3.49. The van der Waals surface area contributed by atoms with Gasteiger partial charge in [-0.1, -0.05) is 6.07 Å². The van der Waals surface area contributed by atoms with Crippen LogP contribution in [0.4, 0.5) is 5.82 Å². The smallest absolute Gasteiger partial charge is 0.354 e. The van der Waals surface area contributed by atoms with E-state index < -0.39 is 11.5 Å². The first kappa shape index (κ1) is 12.4. The third-order valence-corrected chi connectivity index (χ3v) is 2.59. The van der Waals surface area contributed by atoms with Crippen LogP contribution in [0, 0.1) is 0 Å². The molecule has 0 unspecified atom stereocenters. The summed E-state index contributed by atoms with van der Waals surface area (Å²) in [4.78, 5) is 16.5. The van der Waals surface area contributed by atoms with Crippen LogP contribution in [0.3, 0.4) is 0 Å². The highest BCUT2D eigenvalue weighted by atomic mass is 16.4. The second-order valence-corrected chi connectivity index (χ2v) is 4.22. The van der Waals surface area contributed by atoms with Gasteiger partial charge in [0.2, 0.25) is 0 Å². The van der Waals surface area contributed by atoms with E-state index in [1.807, 2.05) is 13.8 Å². The van der Waals surface area contributed by atoms with Crippen LogP contribution in [0.25, 0.3) is 0 Å². The third kappa shape index (κ3) is 2.49. The molecule has 0 saturated carbocycles. The van der Waals surface area contributed by atoms with Crippen LogP contribution in [0.15, 0.2) is 18.2 Å². The van der Waals surface area contributed by atoms with Crippen molar-refractivity contribution >= 4 is 11.8 Å². The van der Waals surface area contributed by atoms with Crippen molar-refractivity contribution in [3.8, 4) is 0 Å². The van der Waals surface area contributed by atoms with E-state index in [1.54, 1.807) is 24.1 Å². The Hall–Kier alpha value is -1.62. The summed E-state index contributed by atoms with van der Waals surface area (Å²) in [5.41, 5.74) is -0.484. The zero-order chi connectivity index (χ0) is 12.3. The zero-order valence-electron chi connectivity index (χ0n) is 9.64. The first-order valence-electron chi connectivity index (χ1n) is 4.93. The fraction of sp³-hybridized carbons (Fsp3) is 0.455.